The third-order valence-corrected chi connectivity index (χ3v) is 4.54. The van der Waals surface area contributed by atoms with E-state index in [0.29, 0.717) is 18.2 Å². The number of fused-ring (bicyclic) bond motifs is 1. The average Bonchev–Trinajstić information content (AvgIpc) is 3.26. The van der Waals surface area contributed by atoms with Gasteiger partial charge in [0.1, 0.15) is 5.82 Å². The first-order chi connectivity index (χ1) is 12.3. The number of hydrogen-bond donors (Lipinski definition) is 2. The highest BCUT2D eigenvalue weighted by Gasteiger charge is 2.24. The summed E-state index contributed by atoms with van der Waals surface area (Å²) in [5.41, 5.74) is 2.44. The number of imidazole rings is 1. The van der Waals surface area contributed by atoms with Crippen LogP contribution in [0, 0.1) is 5.92 Å². The lowest BCUT2D eigenvalue weighted by Crippen LogP contribution is -2.31. The molecule has 0 spiro atoms. The molecule has 4 rings (SSSR count). The highest BCUT2D eigenvalue weighted by Crippen LogP contribution is 2.18. The average molecular weight is 336 g/mol. The first-order valence-corrected chi connectivity index (χ1v) is 8.50. The lowest BCUT2D eigenvalue weighted by atomic mass is 10.1. The van der Waals surface area contributed by atoms with Crippen molar-refractivity contribution in [2.45, 2.75) is 13.0 Å². The van der Waals surface area contributed by atoms with Gasteiger partial charge >= 0.3 is 0 Å². The van der Waals surface area contributed by atoms with Gasteiger partial charge in [0.05, 0.1) is 17.6 Å². The number of aromatic amines is 1. The van der Waals surface area contributed by atoms with Crippen LogP contribution in [-0.2, 0) is 6.54 Å². The zero-order valence-corrected chi connectivity index (χ0v) is 13.9. The molecule has 2 aromatic heterocycles. The van der Waals surface area contributed by atoms with Gasteiger partial charge in [-0.05, 0) is 43.1 Å². The van der Waals surface area contributed by atoms with Crippen molar-refractivity contribution in [2.75, 3.05) is 19.6 Å². The predicted molar refractivity (Wildman–Crippen MR) is 93.8 cm³/mol. The third-order valence-electron chi connectivity index (χ3n) is 4.54. The molecule has 7 heteroatoms. The van der Waals surface area contributed by atoms with E-state index in [1.54, 1.807) is 18.3 Å². The molecule has 0 unspecified atom stereocenters. The highest BCUT2D eigenvalue weighted by molar-refractivity contribution is 5.91. The number of nitrogens with zero attached hydrogens (tertiary/aromatic N) is 4. The maximum absolute atomic E-state index is 12.0. The van der Waals surface area contributed by atoms with Crippen LogP contribution in [0.25, 0.3) is 11.0 Å². The summed E-state index contributed by atoms with van der Waals surface area (Å²) in [7, 11) is 0. The van der Waals surface area contributed by atoms with Crippen molar-refractivity contribution in [1.29, 1.82) is 0 Å². The van der Waals surface area contributed by atoms with Crippen LogP contribution in [0.5, 0.6) is 0 Å². The summed E-state index contributed by atoms with van der Waals surface area (Å²) >= 11 is 0. The number of benzene rings is 1. The van der Waals surface area contributed by atoms with Crippen LogP contribution in [0.15, 0.2) is 42.6 Å². The van der Waals surface area contributed by atoms with Gasteiger partial charge in [0.15, 0.2) is 5.69 Å². The van der Waals surface area contributed by atoms with Gasteiger partial charge in [-0.15, -0.1) is 5.10 Å². The molecule has 1 fully saturated rings. The number of carbonyl (C=O) groups is 1. The molecule has 25 heavy (non-hydrogen) atoms. The second-order valence-electron chi connectivity index (χ2n) is 6.41. The molecule has 0 radical (unpaired) electrons. The Balaban J connectivity index is 1.29. The van der Waals surface area contributed by atoms with E-state index in [1.807, 2.05) is 24.3 Å². The molecular weight excluding hydrogens is 316 g/mol. The Kier molecular flexibility index (Phi) is 4.39. The van der Waals surface area contributed by atoms with Crippen molar-refractivity contribution in [3.63, 3.8) is 0 Å². The van der Waals surface area contributed by atoms with E-state index in [1.165, 1.54) is 0 Å². The van der Waals surface area contributed by atoms with Gasteiger partial charge in [-0.1, -0.05) is 12.1 Å². The van der Waals surface area contributed by atoms with Crippen molar-refractivity contribution >= 4 is 16.9 Å². The molecule has 3 heterocycles. The van der Waals surface area contributed by atoms with Gasteiger partial charge < -0.3 is 10.3 Å². The quantitative estimate of drug-likeness (QED) is 0.739. The predicted octanol–water partition coefficient (Wildman–Crippen LogP) is 1.60. The van der Waals surface area contributed by atoms with Crippen LogP contribution < -0.4 is 5.32 Å². The molecule has 1 aliphatic rings. The van der Waals surface area contributed by atoms with E-state index in [0.717, 1.165) is 42.9 Å². The fourth-order valence-electron chi connectivity index (χ4n) is 3.27. The molecule has 7 nitrogen and oxygen atoms in total. The SMILES string of the molecule is O=C(NC[C@H]1CCN(Cc2nc3ccccc3[nH]2)C1)c1cccnn1. The van der Waals surface area contributed by atoms with Gasteiger partial charge in [0.25, 0.3) is 5.91 Å². The van der Waals surface area contributed by atoms with Crippen LogP contribution in [0.1, 0.15) is 22.7 Å². The number of rotatable bonds is 5. The number of likely N-dealkylation sites (tertiary alicyclic amines) is 1. The summed E-state index contributed by atoms with van der Waals surface area (Å²) in [4.78, 5) is 22.4. The maximum Gasteiger partial charge on any atom is 0.271 e. The number of amides is 1. The minimum absolute atomic E-state index is 0.163. The zero-order chi connectivity index (χ0) is 17.1. The second-order valence-corrected chi connectivity index (χ2v) is 6.41. The normalized spacial score (nSPS) is 17.8. The number of nitrogens with one attached hydrogen (secondary N) is 2. The van der Waals surface area contributed by atoms with Crippen molar-refractivity contribution in [1.82, 2.24) is 30.4 Å². The van der Waals surface area contributed by atoms with Crippen LogP contribution in [0.3, 0.4) is 0 Å². The molecular formula is C18H20N6O. The van der Waals surface area contributed by atoms with E-state index in [2.05, 4.69) is 30.4 Å². The molecule has 0 bridgehead atoms. The van der Waals surface area contributed by atoms with Crippen LogP contribution in [-0.4, -0.2) is 50.6 Å². The molecule has 0 saturated carbocycles. The summed E-state index contributed by atoms with van der Waals surface area (Å²) in [6, 6.07) is 11.5. The minimum atomic E-state index is -0.163. The fourth-order valence-corrected chi connectivity index (χ4v) is 3.27. The summed E-state index contributed by atoms with van der Waals surface area (Å²) in [6.45, 7) is 3.44. The number of aromatic nitrogens is 4. The van der Waals surface area contributed by atoms with Crippen molar-refractivity contribution < 1.29 is 4.79 Å². The number of carbonyl (C=O) groups excluding carboxylic acids is 1. The first-order valence-electron chi connectivity index (χ1n) is 8.50. The number of H-pyrrole nitrogens is 1. The summed E-state index contributed by atoms with van der Waals surface area (Å²) < 4.78 is 0. The molecule has 2 N–H and O–H groups in total. The Hall–Kier alpha value is -2.80. The largest absolute Gasteiger partial charge is 0.350 e. The molecule has 1 atom stereocenters. The monoisotopic (exact) mass is 336 g/mol. The Labute approximate surface area is 145 Å². The van der Waals surface area contributed by atoms with Gasteiger partial charge in [0, 0.05) is 19.3 Å². The molecule has 1 amide bonds. The van der Waals surface area contributed by atoms with E-state index in [4.69, 9.17) is 0 Å². The smallest absolute Gasteiger partial charge is 0.271 e. The van der Waals surface area contributed by atoms with E-state index < -0.39 is 0 Å². The second kappa shape index (κ2) is 6.98. The van der Waals surface area contributed by atoms with Crippen LogP contribution in [0.4, 0.5) is 0 Å². The molecule has 1 aliphatic heterocycles. The fraction of sp³-hybridized carbons (Fsp3) is 0.333. The standard InChI is InChI=1S/C18H20N6O/c25-18(16-6-3-8-20-23-16)19-10-13-7-9-24(11-13)12-17-21-14-4-1-2-5-15(14)22-17/h1-6,8,13H,7,9-12H2,(H,19,25)(H,21,22)/t13-/m1/s1. The van der Waals surface area contributed by atoms with Crippen molar-refractivity contribution in [2.24, 2.45) is 5.92 Å². The lowest BCUT2D eigenvalue weighted by Gasteiger charge is -2.14. The molecule has 128 valence electrons. The Morgan fingerprint density at radius 1 is 1.28 bits per heavy atom. The van der Waals surface area contributed by atoms with Crippen LogP contribution >= 0.6 is 0 Å². The molecule has 3 aromatic rings. The molecule has 1 aromatic carbocycles. The van der Waals surface area contributed by atoms with Crippen molar-refractivity contribution in [3.05, 3.63) is 54.1 Å². The van der Waals surface area contributed by atoms with E-state index in [9.17, 15) is 4.79 Å². The Bertz CT molecular complexity index is 829. The lowest BCUT2D eigenvalue weighted by molar-refractivity contribution is 0.0941. The Morgan fingerprint density at radius 2 is 2.20 bits per heavy atom. The Morgan fingerprint density at radius 3 is 3.04 bits per heavy atom. The topological polar surface area (TPSA) is 86.8 Å². The summed E-state index contributed by atoms with van der Waals surface area (Å²) in [5.74, 6) is 1.28. The molecule has 1 saturated heterocycles. The van der Waals surface area contributed by atoms with E-state index in [-0.39, 0.29) is 5.91 Å². The van der Waals surface area contributed by atoms with Gasteiger partial charge in [0.2, 0.25) is 0 Å². The number of para-hydroxylation sites is 2. The molecule has 0 aliphatic carbocycles. The summed E-state index contributed by atoms with van der Waals surface area (Å²) in [5, 5.41) is 10.5. The minimum Gasteiger partial charge on any atom is -0.350 e. The zero-order valence-electron chi connectivity index (χ0n) is 13.9. The van der Waals surface area contributed by atoms with Gasteiger partial charge in [-0.2, -0.15) is 5.10 Å². The maximum atomic E-state index is 12.0. The van der Waals surface area contributed by atoms with Crippen LogP contribution in [0.2, 0.25) is 0 Å². The highest BCUT2D eigenvalue weighted by atomic mass is 16.1. The van der Waals surface area contributed by atoms with Gasteiger partial charge in [-0.3, -0.25) is 9.69 Å². The van der Waals surface area contributed by atoms with E-state index >= 15 is 0 Å². The first kappa shape index (κ1) is 15.7. The number of hydrogen-bond acceptors (Lipinski definition) is 5. The van der Waals surface area contributed by atoms with Gasteiger partial charge in [-0.25, -0.2) is 4.98 Å². The van der Waals surface area contributed by atoms with Crippen molar-refractivity contribution in [3.8, 4) is 0 Å². The summed E-state index contributed by atoms with van der Waals surface area (Å²) in [6.07, 6.45) is 2.63. The third kappa shape index (κ3) is 3.66.